The highest BCUT2D eigenvalue weighted by Crippen LogP contribution is 2.44. The molecule has 2 N–H and O–H groups in total. The van der Waals surface area contributed by atoms with E-state index < -0.39 is 10.0 Å². The number of aryl methyl sites for hydroxylation is 1. The number of hydrogen-bond acceptors (Lipinski definition) is 6. The van der Waals surface area contributed by atoms with Crippen LogP contribution in [0.1, 0.15) is 40.5 Å². The van der Waals surface area contributed by atoms with Crippen LogP contribution in [0, 0.1) is 13.8 Å². The summed E-state index contributed by atoms with van der Waals surface area (Å²) in [6.07, 6.45) is 4.55. The summed E-state index contributed by atoms with van der Waals surface area (Å²) in [6, 6.07) is 16.7. The molecule has 0 unspecified atom stereocenters. The van der Waals surface area contributed by atoms with Crippen molar-refractivity contribution in [1.29, 1.82) is 0 Å². The third-order valence-electron chi connectivity index (χ3n) is 6.68. The van der Waals surface area contributed by atoms with E-state index in [1.54, 1.807) is 24.6 Å². The maximum absolute atomic E-state index is 11.9. The first kappa shape index (κ1) is 25.8. The first-order chi connectivity index (χ1) is 18.2. The van der Waals surface area contributed by atoms with E-state index in [0.717, 1.165) is 40.3 Å². The number of aromatic nitrogens is 2. The molecule has 1 aliphatic heterocycles. The molecule has 1 aliphatic rings. The zero-order chi connectivity index (χ0) is 27.0. The van der Waals surface area contributed by atoms with Crippen LogP contribution in [-0.2, 0) is 16.6 Å². The summed E-state index contributed by atoms with van der Waals surface area (Å²) in [7, 11) is -1.98. The van der Waals surface area contributed by atoms with Crippen LogP contribution in [0.3, 0.4) is 0 Å². The van der Waals surface area contributed by atoms with Crippen molar-refractivity contribution in [3.8, 4) is 5.75 Å². The predicted molar refractivity (Wildman–Crippen MR) is 151 cm³/mol. The van der Waals surface area contributed by atoms with Crippen LogP contribution in [0.2, 0.25) is 0 Å². The number of nitrogens with zero attached hydrogens (tertiary/aromatic N) is 3. The number of anilines is 2. The third kappa shape index (κ3) is 4.99. The normalized spacial score (nSPS) is 17.5. The molecule has 4 aromatic rings. The lowest BCUT2D eigenvalue weighted by atomic mass is 9.96. The third-order valence-corrected chi connectivity index (χ3v) is 7.59. The van der Waals surface area contributed by atoms with Gasteiger partial charge in [-0.25, -0.2) is 8.42 Å². The van der Waals surface area contributed by atoms with Gasteiger partial charge in [0.15, 0.2) is 5.11 Å². The molecule has 1 fully saturated rings. The largest absolute Gasteiger partial charge is 0.494 e. The van der Waals surface area contributed by atoms with Crippen LogP contribution in [0.15, 0.2) is 71.5 Å². The molecular weight excluding hydrogens is 522 g/mol. The van der Waals surface area contributed by atoms with E-state index in [1.165, 1.54) is 7.11 Å². The van der Waals surface area contributed by atoms with E-state index in [4.69, 9.17) is 21.4 Å². The minimum Gasteiger partial charge on any atom is -0.494 e. The van der Waals surface area contributed by atoms with Crippen LogP contribution >= 0.6 is 12.2 Å². The van der Waals surface area contributed by atoms with Gasteiger partial charge in [-0.2, -0.15) is 0 Å². The summed E-state index contributed by atoms with van der Waals surface area (Å²) < 4.78 is 39.6. The van der Waals surface area contributed by atoms with E-state index in [2.05, 4.69) is 39.5 Å². The van der Waals surface area contributed by atoms with E-state index in [-0.39, 0.29) is 12.1 Å². The van der Waals surface area contributed by atoms with Crippen molar-refractivity contribution >= 4 is 38.7 Å². The fourth-order valence-electron chi connectivity index (χ4n) is 4.99. The Bertz CT molecular complexity index is 1570. The minimum atomic E-state index is -3.48. The molecule has 0 aliphatic carbocycles. The topological polar surface area (TPSA) is 102 Å². The summed E-state index contributed by atoms with van der Waals surface area (Å²) in [6.45, 7) is 4.79. The average molecular weight is 552 g/mol. The second-order valence-corrected chi connectivity index (χ2v) is 11.4. The number of hydrogen-bond donors (Lipinski definition) is 2. The molecule has 0 saturated carbocycles. The predicted octanol–water partition coefficient (Wildman–Crippen LogP) is 4.70. The molecule has 0 amide bonds. The Morgan fingerprint density at radius 3 is 2.63 bits per heavy atom. The fraction of sp³-hybridized carbons (Fsp3) is 0.259. The van der Waals surface area contributed by atoms with Gasteiger partial charge in [-0.1, -0.05) is 6.07 Å². The number of thiocarbonyl (C=S) groups is 1. The summed E-state index contributed by atoms with van der Waals surface area (Å²) in [4.78, 5) is 6.68. The van der Waals surface area contributed by atoms with Gasteiger partial charge in [0, 0.05) is 29.3 Å². The van der Waals surface area contributed by atoms with Gasteiger partial charge in [0.05, 0.1) is 49.6 Å². The van der Waals surface area contributed by atoms with Crippen LogP contribution in [0.4, 0.5) is 11.4 Å². The lowest BCUT2D eigenvalue weighted by Gasteiger charge is -2.29. The highest BCUT2D eigenvalue weighted by atomic mass is 32.2. The maximum Gasteiger partial charge on any atom is 0.229 e. The Morgan fingerprint density at radius 2 is 1.97 bits per heavy atom. The molecule has 198 valence electrons. The average Bonchev–Trinajstić information content (AvgIpc) is 3.59. The van der Waals surface area contributed by atoms with Gasteiger partial charge < -0.3 is 23.9 Å². The van der Waals surface area contributed by atoms with Crippen molar-refractivity contribution in [2.75, 3.05) is 23.0 Å². The molecule has 0 bridgehead atoms. The van der Waals surface area contributed by atoms with Gasteiger partial charge in [-0.15, -0.1) is 0 Å². The van der Waals surface area contributed by atoms with Crippen LogP contribution in [0.25, 0.3) is 0 Å². The van der Waals surface area contributed by atoms with E-state index in [0.29, 0.717) is 23.1 Å². The molecule has 38 heavy (non-hydrogen) atoms. The Balaban J connectivity index is 1.62. The maximum atomic E-state index is 11.9. The smallest absolute Gasteiger partial charge is 0.229 e. The molecule has 0 radical (unpaired) electrons. The Morgan fingerprint density at radius 1 is 1.16 bits per heavy atom. The molecule has 0 spiro atoms. The first-order valence-corrected chi connectivity index (χ1v) is 14.3. The SMILES string of the molecule is COc1cc(N2C(=S)N[C@@H](c3ccccn3)[C@H]2c2cc(C)n(Cc3ccco3)c2C)ccc1NS(C)(=O)=O. The number of methoxy groups -OCH3 is 1. The van der Waals surface area contributed by atoms with E-state index in [9.17, 15) is 8.42 Å². The summed E-state index contributed by atoms with van der Waals surface area (Å²) in [5.41, 5.74) is 5.25. The molecule has 3 aromatic heterocycles. The van der Waals surface area contributed by atoms with Crippen molar-refractivity contribution in [2.24, 2.45) is 0 Å². The highest BCUT2D eigenvalue weighted by Gasteiger charge is 2.42. The Hall–Kier alpha value is -3.83. The molecular formula is C27H29N5O4S2. The lowest BCUT2D eigenvalue weighted by Crippen LogP contribution is -2.29. The lowest BCUT2D eigenvalue weighted by molar-refractivity contribution is 0.417. The molecule has 11 heteroatoms. The summed E-state index contributed by atoms with van der Waals surface area (Å²) in [5.74, 6) is 1.26. The number of rotatable bonds is 8. The number of benzene rings is 1. The van der Waals surface area contributed by atoms with Crippen molar-refractivity contribution in [3.05, 3.63) is 95.5 Å². The van der Waals surface area contributed by atoms with Crippen LogP contribution in [-0.4, -0.2) is 36.4 Å². The van der Waals surface area contributed by atoms with Crippen molar-refractivity contribution < 1.29 is 17.6 Å². The number of furan rings is 1. The minimum absolute atomic E-state index is 0.221. The van der Waals surface area contributed by atoms with Crippen molar-refractivity contribution in [1.82, 2.24) is 14.9 Å². The molecule has 2 atom stereocenters. The summed E-state index contributed by atoms with van der Waals surface area (Å²) >= 11 is 5.87. The fourth-order valence-corrected chi connectivity index (χ4v) is 5.91. The molecule has 4 heterocycles. The van der Waals surface area contributed by atoms with Gasteiger partial charge in [-0.05, 0) is 74.1 Å². The van der Waals surface area contributed by atoms with Gasteiger partial charge in [-0.3, -0.25) is 9.71 Å². The van der Waals surface area contributed by atoms with Crippen molar-refractivity contribution in [2.45, 2.75) is 32.5 Å². The summed E-state index contributed by atoms with van der Waals surface area (Å²) in [5, 5.41) is 4.01. The Labute approximate surface area is 227 Å². The van der Waals surface area contributed by atoms with E-state index >= 15 is 0 Å². The second-order valence-electron chi connectivity index (χ2n) is 9.25. The molecule has 5 rings (SSSR count). The molecule has 1 aromatic carbocycles. The Kier molecular flexibility index (Phi) is 6.89. The molecule has 9 nitrogen and oxygen atoms in total. The van der Waals surface area contributed by atoms with E-state index in [1.807, 2.05) is 41.3 Å². The van der Waals surface area contributed by atoms with Gasteiger partial charge >= 0.3 is 0 Å². The second kappa shape index (κ2) is 10.1. The first-order valence-electron chi connectivity index (χ1n) is 12.0. The van der Waals surface area contributed by atoms with Crippen LogP contribution in [0.5, 0.6) is 5.75 Å². The number of sulfonamides is 1. The number of ether oxygens (including phenoxy) is 1. The van der Waals surface area contributed by atoms with Gasteiger partial charge in [0.25, 0.3) is 0 Å². The number of nitrogens with one attached hydrogen (secondary N) is 2. The molecule has 1 saturated heterocycles. The van der Waals surface area contributed by atoms with Crippen molar-refractivity contribution in [3.63, 3.8) is 0 Å². The van der Waals surface area contributed by atoms with Gasteiger partial charge in [0.2, 0.25) is 10.0 Å². The zero-order valence-corrected chi connectivity index (χ0v) is 23.1. The standard InChI is InChI=1S/C27H29N5O4S2/c1-17-14-21(18(2)31(17)16-20-8-7-13-36-20)26-25(23-9-5-6-12-28-23)29-27(37)32(26)19-10-11-22(24(15-19)35-3)30-38(4,33)34/h5-15,25-26,30H,16H2,1-4H3,(H,29,37)/t25-,26+/m0/s1. The zero-order valence-electron chi connectivity index (χ0n) is 21.5. The van der Waals surface area contributed by atoms with Gasteiger partial charge in [0.1, 0.15) is 11.5 Å². The number of pyridine rings is 1. The highest BCUT2D eigenvalue weighted by molar-refractivity contribution is 7.92. The quantitative estimate of drug-likeness (QED) is 0.304. The van der Waals surface area contributed by atoms with Crippen LogP contribution < -0.4 is 19.7 Å². The monoisotopic (exact) mass is 551 g/mol.